The number of nitrogens with one attached hydrogen (secondary N) is 4. The molecule has 1 saturated heterocycles. The van der Waals surface area contributed by atoms with Crippen LogP contribution in [0.5, 0.6) is 5.75 Å². The summed E-state index contributed by atoms with van der Waals surface area (Å²) >= 11 is 0. The van der Waals surface area contributed by atoms with E-state index in [2.05, 4.69) is 21.3 Å². The lowest BCUT2D eigenvalue weighted by atomic mass is 9.97. The van der Waals surface area contributed by atoms with Gasteiger partial charge in [-0.3, -0.25) is 19.2 Å². The van der Waals surface area contributed by atoms with Crippen LogP contribution in [0.25, 0.3) is 0 Å². The molecule has 1 aromatic rings. The zero-order valence-corrected chi connectivity index (χ0v) is 20.3. The van der Waals surface area contributed by atoms with E-state index in [9.17, 15) is 39.3 Å². The van der Waals surface area contributed by atoms with Crippen LogP contribution < -0.4 is 21.3 Å². The Morgan fingerprint density at radius 2 is 1.64 bits per heavy atom. The van der Waals surface area contributed by atoms with Gasteiger partial charge in [0.05, 0.1) is 12.5 Å². The maximum absolute atomic E-state index is 13.1. The minimum absolute atomic E-state index is 0.00874. The molecule has 1 heterocycles. The molecular formula is C24H34N4O8. The standard InChI is InChI=1S/C24H34N4O8/c1-3-13(2)20(28-21(32)16-5-4-10-25-16)23(34)26-17(12-19(30)31)22(33)27-18(24(35)36)11-14-6-8-15(29)9-7-14/h6-9,13,16-18,20,25,29H,3-5,10-12H2,1-2H3,(H,26,34)(H,27,33)(H,28,32)(H,30,31)(H,35,36). The summed E-state index contributed by atoms with van der Waals surface area (Å²) in [6.07, 6.45) is 1.07. The molecule has 5 atom stereocenters. The molecule has 0 radical (unpaired) electrons. The highest BCUT2D eigenvalue weighted by Gasteiger charge is 2.34. The molecule has 2 rings (SSSR count). The Hall–Kier alpha value is -3.67. The van der Waals surface area contributed by atoms with Gasteiger partial charge in [-0.15, -0.1) is 0 Å². The largest absolute Gasteiger partial charge is 0.508 e. The topological polar surface area (TPSA) is 194 Å². The van der Waals surface area contributed by atoms with Crippen molar-refractivity contribution in [2.75, 3.05) is 6.54 Å². The number of carbonyl (C=O) groups excluding carboxylic acids is 3. The molecule has 1 aliphatic heterocycles. The maximum atomic E-state index is 13.1. The first kappa shape index (κ1) is 28.6. The van der Waals surface area contributed by atoms with Gasteiger partial charge >= 0.3 is 11.9 Å². The van der Waals surface area contributed by atoms with E-state index in [4.69, 9.17) is 0 Å². The van der Waals surface area contributed by atoms with E-state index in [-0.39, 0.29) is 24.0 Å². The van der Waals surface area contributed by atoms with Gasteiger partial charge in [0.1, 0.15) is 23.9 Å². The van der Waals surface area contributed by atoms with Gasteiger partial charge in [-0.05, 0) is 43.0 Å². The van der Waals surface area contributed by atoms with Crippen molar-refractivity contribution in [1.82, 2.24) is 21.3 Å². The summed E-state index contributed by atoms with van der Waals surface area (Å²) in [5, 5.41) is 38.6. The molecule has 36 heavy (non-hydrogen) atoms. The van der Waals surface area contributed by atoms with Crippen LogP contribution in [0.15, 0.2) is 24.3 Å². The third-order valence-electron chi connectivity index (χ3n) is 6.17. The van der Waals surface area contributed by atoms with Gasteiger partial charge in [-0.25, -0.2) is 4.79 Å². The van der Waals surface area contributed by atoms with Crippen LogP contribution in [0.3, 0.4) is 0 Å². The quantitative estimate of drug-likeness (QED) is 0.189. The lowest BCUT2D eigenvalue weighted by Crippen LogP contribution is -2.59. The summed E-state index contributed by atoms with van der Waals surface area (Å²) < 4.78 is 0. The van der Waals surface area contributed by atoms with Gasteiger partial charge < -0.3 is 36.6 Å². The SMILES string of the molecule is CCC(C)C(NC(=O)C1CCCN1)C(=O)NC(CC(=O)O)C(=O)NC(Cc1ccc(O)cc1)C(=O)O. The van der Waals surface area contributed by atoms with Crippen molar-refractivity contribution in [3.8, 4) is 5.75 Å². The van der Waals surface area contributed by atoms with Crippen molar-refractivity contribution >= 4 is 29.7 Å². The molecule has 1 aromatic carbocycles. The van der Waals surface area contributed by atoms with Crippen LogP contribution in [0.1, 0.15) is 45.1 Å². The van der Waals surface area contributed by atoms with Crippen molar-refractivity contribution in [2.24, 2.45) is 5.92 Å². The molecule has 1 fully saturated rings. The number of aromatic hydroxyl groups is 1. The second kappa shape index (κ2) is 13.4. The van der Waals surface area contributed by atoms with Gasteiger partial charge in [0.15, 0.2) is 0 Å². The van der Waals surface area contributed by atoms with Gasteiger partial charge in [0, 0.05) is 6.42 Å². The van der Waals surface area contributed by atoms with Crippen molar-refractivity contribution in [3.05, 3.63) is 29.8 Å². The molecule has 0 saturated carbocycles. The van der Waals surface area contributed by atoms with Crippen molar-refractivity contribution < 1.29 is 39.3 Å². The normalized spacial score (nSPS) is 18.3. The number of hydrogen-bond acceptors (Lipinski definition) is 7. The molecule has 198 valence electrons. The molecule has 0 spiro atoms. The second-order valence-corrected chi connectivity index (χ2v) is 8.95. The number of carbonyl (C=O) groups is 5. The van der Waals surface area contributed by atoms with E-state index in [1.807, 2.05) is 6.92 Å². The summed E-state index contributed by atoms with van der Waals surface area (Å²) in [5.41, 5.74) is 0.513. The highest BCUT2D eigenvalue weighted by atomic mass is 16.4. The smallest absolute Gasteiger partial charge is 0.326 e. The zero-order valence-electron chi connectivity index (χ0n) is 20.3. The van der Waals surface area contributed by atoms with E-state index in [1.54, 1.807) is 6.92 Å². The fourth-order valence-electron chi connectivity index (χ4n) is 3.85. The van der Waals surface area contributed by atoms with Crippen LogP contribution in [0.4, 0.5) is 0 Å². The fourth-order valence-corrected chi connectivity index (χ4v) is 3.85. The van der Waals surface area contributed by atoms with Crippen molar-refractivity contribution in [2.45, 2.75) is 70.1 Å². The predicted molar refractivity (Wildman–Crippen MR) is 128 cm³/mol. The third-order valence-corrected chi connectivity index (χ3v) is 6.17. The number of benzene rings is 1. The Labute approximate surface area is 208 Å². The summed E-state index contributed by atoms with van der Waals surface area (Å²) in [6, 6.07) is 1.31. The van der Waals surface area contributed by atoms with Crippen LogP contribution >= 0.6 is 0 Å². The molecule has 7 N–H and O–H groups in total. The van der Waals surface area contributed by atoms with Crippen molar-refractivity contribution in [1.29, 1.82) is 0 Å². The summed E-state index contributed by atoms with van der Waals surface area (Å²) in [6.45, 7) is 4.26. The van der Waals surface area contributed by atoms with Crippen LogP contribution in [-0.4, -0.2) is 75.7 Å². The average molecular weight is 507 g/mol. The fraction of sp³-hybridized carbons (Fsp3) is 0.542. The first-order valence-corrected chi connectivity index (χ1v) is 11.9. The minimum atomic E-state index is -1.57. The lowest BCUT2D eigenvalue weighted by molar-refractivity contribution is -0.143. The molecule has 12 nitrogen and oxygen atoms in total. The van der Waals surface area contributed by atoms with E-state index in [0.717, 1.165) is 6.42 Å². The average Bonchev–Trinajstić information content (AvgIpc) is 3.37. The van der Waals surface area contributed by atoms with Gasteiger partial charge in [0.25, 0.3) is 0 Å². The first-order chi connectivity index (χ1) is 17.0. The van der Waals surface area contributed by atoms with E-state index in [1.165, 1.54) is 24.3 Å². The van der Waals surface area contributed by atoms with E-state index >= 15 is 0 Å². The number of hydrogen-bond donors (Lipinski definition) is 7. The highest BCUT2D eigenvalue weighted by Crippen LogP contribution is 2.13. The minimum Gasteiger partial charge on any atom is -0.508 e. The number of phenolic OH excluding ortho intramolecular Hbond substituents is 1. The van der Waals surface area contributed by atoms with Gasteiger partial charge in [-0.1, -0.05) is 32.4 Å². The highest BCUT2D eigenvalue weighted by molar-refractivity contribution is 5.95. The van der Waals surface area contributed by atoms with E-state index in [0.29, 0.717) is 24.9 Å². The van der Waals surface area contributed by atoms with Gasteiger partial charge in [-0.2, -0.15) is 0 Å². The van der Waals surface area contributed by atoms with Crippen LogP contribution in [0.2, 0.25) is 0 Å². The molecule has 1 aliphatic rings. The van der Waals surface area contributed by atoms with Gasteiger partial charge in [0.2, 0.25) is 17.7 Å². The summed E-state index contributed by atoms with van der Waals surface area (Å²) in [4.78, 5) is 61.7. The maximum Gasteiger partial charge on any atom is 0.326 e. The molecule has 0 aliphatic carbocycles. The monoisotopic (exact) mass is 506 g/mol. The zero-order chi connectivity index (χ0) is 26.8. The number of phenols is 1. The Bertz CT molecular complexity index is 946. The van der Waals surface area contributed by atoms with Crippen LogP contribution in [0, 0.1) is 5.92 Å². The molecule has 12 heteroatoms. The number of carboxylic acids is 2. The predicted octanol–water partition coefficient (Wildman–Crippen LogP) is -0.253. The van der Waals surface area contributed by atoms with E-state index < -0.39 is 54.3 Å². The Kier molecular flexibility index (Phi) is 10.7. The number of amides is 3. The van der Waals surface area contributed by atoms with Crippen LogP contribution in [-0.2, 0) is 30.4 Å². The summed E-state index contributed by atoms with van der Waals surface area (Å²) in [7, 11) is 0. The molecular weight excluding hydrogens is 472 g/mol. The summed E-state index contributed by atoms with van der Waals surface area (Å²) in [5.74, 6) is -5.13. The Balaban J connectivity index is 2.14. The number of aliphatic carboxylic acids is 2. The Morgan fingerprint density at radius 1 is 1.00 bits per heavy atom. The molecule has 3 amide bonds. The first-order valence-electron chi connectivity index (χ1n) is 11.9. The third kappa shape index (κ3) is 8.52. The Morgan fingerprint density at radius 3 is 2.17 bits per heavy atom. The number of carboxylic acid groups (broad SMARTS) is 2. The molecule has 5 unspecified atom stereocenters. The van der Waals surface area contributed by atoms with Crippen molar-refractivity contribution in [3.63, 3.8) is 0 Å². The lowest BCUT2D eigenvalue weighted by Gasteiger charge is -2.27. The molecule has 0 bridgehead atoms. The molecule has 0 aromatic heterocycles. The number of rotatable bonds is 13. The second-order valence-electron chi connectivity index (χ2n) is 8.95.